The van der Waals surface area contributed by atoms with Gasteiger partial charge in [0.2, 0.25) is 0 Å². The molecule has 5 atom stereocenters. The molecule has 0 aliphatic heterocycles. The van der Waals surface area contributed by atoms with E-state index in [1.165, 1.54) is 186 Å². The van der Waals surface area contributed by atoms with E-state index in [0.717, 1.165) is 108 Å². The number of unbranched alkanes of at least 4 members (excludes halogenated alkanes) is 42. The second-order valence-corrected chi connectivity index (χ2v) is 30.2. The van der Waals surface area contributed by atoms with Crippen molar-refractivity contribution in [2.45, 2.75) is 394 Å². The van der Waals surface area contributed by atoms with Crippen molar-refractivity contribution in [3.05, 3.63) is 0 Å². The number of aliphatic hydroxyl groups excluding tert-OH is 1. The van der Waals surface area contributed by atoms with Crippen LogP contribution in [-0.2, 0) is 65.4 Å². The van der Waals surface area contributed by atoms with Crippen LogP contribution in [0, 0.1) is 11.8 Å². The van der Waals surface area contributed by atoms with Gasteiger partial charge in [0.1, 0.15) is 19.3 Å². The minimum atomic E-state index is -4.95. The number of carbonyl (C=O) groups is 4. The summed E-state index contributed by atoms with van der Waals surface area (Å²) in [4.78, 5) is 72.4. The van der Waals surface area contributed by atoms with Crippen LogP contribution in [-0.4, -0.2) is 96.7 Å². The van der Waals surface area contributed by atoms with Crippen molar-refractivity contribution in [1.29, 1.82) is 0 Å². The van der Waals surface area contributed by atoms with Gasteiger partial charge in [-0.3, -0.25) is 37.3 Å². The van der Waals surface area contributed by atoms with Crippen molar-refractivity contribution in [3.8, 4) is 0 Å². The number of carbonyl (C=O) groups excluding carboxylic acids is 4. The van der Waals surface area contributed by atoms with Crippen LogP contribution in [0.3, 0.4) is 0 Å². The molecule has 0 aromatic rings. The van der Waals surface area contributed by atoms with Crippen molar-refractivity contribution in [2.24, 2.45) is 11.8 Å². The molecule has 0 aliphatic carbocycles. The number of phosphoric ester groups is 2. The molecule has 0 rings (SSSR count). The standard InChI is InChI=1S/C73H142O17P2/c1-7-9-11-13-14-15-16-17-18-19-20-24-27-33-38-44-50-56-71(76)84-62-69(90-73(78)57-51-45-39-34-28-25-22-21-23-26-31-36-42-47-53-65(3)4)64-88-92(81,82)86-60-67(74)59-85-91(79,80)87-63-68(61-83-70(75)55-49-41-12-10-8-2)89-72(77)58-52-46-40-35-30-29-32-37-43-48-54-66(5)6/h65-69,74H,7-64H2,1-6H3,(H,79,80)(H,81,82)/t67-,68+,69+/m0/s1. The molecule has 0 amide bonds. The second-order valence-electron chi connectivity index (χ2n) is 27.3. The van der Waals surface area contributed by atoms with E-state index < -0.39 is 97.5 Å². The summed E-state index contributed by atoms with van der Waals surface area (Å²) in [5.41, 5.74) is 0. The third-order valence-electron chi connectivity index (χ3n) is 17.0. The molecule has 0 aromatic carbocycles. The van der Waals surface area contributed by atoms with Gasteiger partial charge < -0.3 is 33.8 Å². The molecule has 0 fully saturated rings. The zero-order valence-electron chi connectivity index (χ0n) is 59.9. The topological polar surface area (TPSA) is 237 Å². The van der Waals surface area contributed by atoms with Crippen LogP contribution in [0.1, 0.15) is 375 Å². The third kappa shape index (κ3) is 66.7. The van der Waals surface area contributed by atoms with E-state index in [9.17, 15) is 43.2 Å². The maximum atomic E-state index is 13.0. The molecular formula is C73H142O17P2. The van der Waals surface area contributed by atoms with E-state index in [-0.39, 0.29) is 25.7 Å². The fraction of sp³-hybridized carbons (Fsp3) is 0.945. The van der Waals surface area contributed by atoms with Gasteiger partial charge in [-0.05, 0) is 37.5 Å². The first kappa shape index (κ1) is 90.1. The quantitative estimate of drug-likeness (QED) is 0.0222. The van der Waals surface area contributed by atoms with Crippen molar-refractivity contribution < 1.29 is 80.2 Å². The molecule has 3 N–H and O–H groups in total. The Morgan fingerprint density at radius 1 is 0.293 bits per heavy atom. The minimum absolute atomic E-state index is 0.105. The maximum absolute atomic E-state index is 13.0. The molecule has 0 aliphatic rings. The number of rotatable bonds is 72. The highest BCUT2D eigenvalue weighted by Crippen LogP contribution is 2.45. The van der Waals surface area contributed by atoms with Gasteiger partial charge in [-0.15, -0.1) is 0 Å². The van der Waals surface area contributed by atoms with Gasteiger partial charge in [0.05, 0.1) is 26.4 Å². The Balaban J connectivity index is 5.15. The zero-order chi connectivity index (χ0) is 67.9. The number of hydrogen-bond acceptors (Lipinski definition) is 15. The summed E-state index contributed by atoms with van der Waals surface area (Å²) in [6, 6.07) is 0. The Labute approximate surface area is 562 Å². The smallest absolute Gasteiger partial charge is 0.462 e. The van der Waals surface area contributed by atoms with E-state index in [1.54, 1.807) is 0 Å². The largest absolute Gasteiger partial charge is 0.472 e. The third-order valence-corrected chi connectivity index (χ3v) is 18.9. The summed E-state index contributed by atoms with van der Waals surface area (Å²) in [5.74, 6) is -0.583. The first-order valence-electron chi connectivity index (χ1n) is 38.0. The lowest BCUT2D eigenvalue weighted by Crippen LogP contribution is -2.30. The highest BCUT2D eigenvalue weighted by Gasteiger charge is 2.30. The predicted octanol–water partition coefficient (Wildman–Crippen LogP) is 21.2. The molecule has 2 unspecified atom stereocenters. The number of hydrogen-bond donors (Lipinski definition) is 3. The number of esters is 4. The highest BCUT2D eigenvalue weighted by atomic mass is 31.2. The predicted molar refractivity (Wildman–Crippen MR) is 372 cm³/mol. The van der Waals surface area contributed by atoms with Crippen LogP contribution in [0.5, 0.6) is 0 Å². The number of phosphoric acid groups is 2. The van der Waals surface area contributed by atoms with Crippen molar-refractivity contribution in [3.63, 3.8) is 0 Å². The van der Waals surface area contributed by atoms with Crippen LogP contribution in [0.25, 0.3) is 0 Å². The molecule has 0 saturated heterocycles. The fourth-order valence-corrected chi connectivity index (χ4v) is 12.7. The van der Waals surface area contributed by atoms with E-state index in [2.05, 4.69) is 41.5 Å². The lowest BCUT2D eigenvalue weighted by Gasteiger charge is -2.21. The lowest BCUT2D eigenvalue weighted by molar-refractivity contribution is -0.161. The maximum Gasteiger partial charge on any atom is 0.472 e. The summed E-state index contributed by atoms with van der Waals surface area (Å²) >= 11 is 0. The number of ether oxygens (including phenoxy) is 4. The molecule has 0 radical (unpaired) electrons. The van der Waals surface area contributed by atoms with Crippen molar-refractivity contribution in [1.82, 2.24) is 0 Å². The summed E-state index contributed by atoms with van der Waals surface area (Å²) in [6.07, 6.45) is 51.7. The Kier molecular flexibility index (Phi) is 63.7. The Morgan fingerprint density at radius 3 is 0.739 bits per heavy atom. The first-order valence-corrected chi connectivity index (χ1v) is 41.0. The average Bonchev–Trinajstić information content (AvgIpc) is 2.10. The molecule has 0 aromatic heterocycles. The lowest BCUT2D eigenvalue weighted by atomic mass is 10.0. The van der Waals surface area contributed by atoms with Gasteiger partial charge in [0.15, 0.2) is 12.2 Å². The van der Waals surface area contributed by atoms with Crippen LogP contribution < -0.4 is 0 Å². The van der Waals surface area contributed by atoms with Gasteiger partial charge in [0, 0.05) is 25.7 Å². The molecule has 0 heterocycles. The second kappa shape index (κ2) is 65.0. The Bertz CT molecular complexity index is 1790. The zero-order valence-corrected chi connectivity index (χ0v) is 61.6. The normalized spacial score (nSPS) is 14.1. The van der Waals surface area contributed by atoms with Gasteiger partial charge in [0.25, 0.3) is 0 Å². The molecule has 546 valence electrons. The molecule has 19 heteroatoms. The molecule has 0 bridgehead atoms. The van der Waals surface area contributed by atoms with Crippen molar-refractivity contribution >= 4 is 39.5 Å². The van der Waals surface area contributed by atoms with Gasteiger partial charge in [-0.2, -0.15) is 0 Å². The summed E-state index contributed by atoms with van der Waals surface area (Å²) in [7, 11) is -9.90. The van der Waals surface area contributed by atoms with E-state index in [0.29, 0.717) is 25.7 Å². The van der Waals surface area contributed by atoms with Gasteiger partial charge in [-0.1, -0.05) is 324 Å². The first-order chi connectivity index (χ1) is 44.4. The summed E-state index contributed by atoms with van der Waals surface area (Å²) in [5, 5.41) is 10.6. The van der Waals surface area contributed by atoms with Gasteiger partial charge >= 0.3 is 39.5 Å². The molecule has 0 spiro atoms. The average molecular weight is 1350 g/mol. The van der Waals surface area contributed by atoms with Crippen LogP contribution >= 0.6 is 15.6 Å². The summed E-state index contributed by atoms with van der Waals surface area (Å²) in [6.45, 7) is 9.50. The molecule has 17 nitrogen and oxygen atoms in total. The molecule has 0 saturated carbocycles. The SMILES string of the molecule is CCCCCCCCCCCCCCCCCCCC(=O)OC[C@H](COP(=O)(O)OC[C@@H](O)COP(=O)(O)OC[C@@H](COC(=O)CCCCCCC)OC(=O)CCCCCCCCCCCCC(C)C)OC(=O)CCCCCCCCCCCCCCCCC(C)C. The van der Waals surface area contributed by atoms with E-state index in [4.69, 9.17) is 37.0 Å². The minimum Gasteiger partial charge on any atom is -0.462 e. The Morgan fingerprint density at radius 2 is 0.500 bits per heavy atom. The van der Waals surface area contributed by atoms with E-state index in [1.807, 2.05) is 0 Å². The van der Waals surface area contributed by atoms with Gasteiger partial charge in [-0.25, -0.2) is 9.13 Å². The van der Waals surface area contributed by atoms with E-state index >= 15 is 0 Å². The van der Waals surface area contributed by atoms with Crippen LogP contribution in [0.15, 0.2) is 0 Å². The Hall–Kier alpha value is -1.94. The van der Waals surface area contributed by atoms with Crippen LogP contribution in [0.4, 0.5) is 0 Å². The van der Waals surface area contributed by atoms with Crippen LogP contribution in [0.2, 0.25) is 0 Å². The fourth-order valence-electron chi connectivity index (χ4n) is 11.1. The monoisotopic (exact) mass is 1350 g/mol. The van der Waals surface area contributed by atoms with Crippen molar-refractivity contribution in [2.75, 3.05) is 39.6 Å². The number of aliphatic hydroxyl groups is 1. The molecule has 92 heavy (non-hydrogen) atoms. The molecular weight excluding hydrogens is 1210 g/mol. The highest BCUT2D eigenvalue weighted by molar-refractivity contribution is 7.47. The summed E-state index contributed by atoms with van der Waals surface area (Å²) < 4.78 is 68.2.